The topological polar surface area (TPSA) is 49.5 Å². The Bertz CT molecular complexity index is 308. The number of hydrogen-bond donors (Lipinski definition) is 2. The maximum absolute atomic E-state index is 11.2. The fourth-order valence-electron chi connectivity index (χ4n) is 4.18. The molecule has 2 saturated carbocycles. The normalized spacial score (nSPS) is 46.5. The van der Waals surface area contributed by atoms with Gasteiger partial charge in [0.1, 0.15) is 0 Å². The van der Waals surface area contributed by atoms with Crippen LogP contribution in [0.25, 0.3) is 0 Å². The standard InChI is InChI=1S/C15H28N2O/c1-12-4-6-14(10-16,7-5-12)15(18)8-9-17(11-15)13-2-3-13/h12-13,18H,2-11,16H2,1H3. The van der Waals surface area contributed by atoms with Crippen LogP contribution in [0.3, 0.4) is 0 Å². The van der Waals surface area contributed by atoms with Gasteiger partial charge < -0.3 is 10.8 Å². The second kappa shape index (κ2) is 4.46. The highest BCUT2D eigenvalue weighted by molar-refractivity contribution is 5.08. The lowest BCUT2D eigenvalue weighted by molar-refractivity contribution is -0.0955. The molecule has 0 aromatic carbocycles. The van der Waals surface area contributed by atoms with Gasteiger partial charge in [0.2, 0.25) is 0 Å². The third-order valence-corrected chi connectivity index (χ3v) is 5.95. The molecule has 1 aliphatic heterocycles. The van der Waals surface area contributed by atoms with Gasteiger partial charge >= 0.3 is 0 Å². The van der Waals surface area contributed by atoms with Crippen molar-refractivity contribution in [1.29, 1.82) is 0 Å². The Morgan fingerprint density at radius 3 is 2.39 bits per heavy atom. The minimum absolute atomic E-state index is 0.00313. The van der Waals surface area contributed by atoms with E-state index in [1.54, 1.807) is 0 Å². The minimum atomic E-state index is -0.509. The molecular weight excluding hydrogens is 224 g/mol. The van der Waals surface area contributed by atoms with Crippen molar-refractivity contribution in [2.75, 3.05) is 19.6 Å². The van der Waals surface area contributed by atoms with Crippen LogP contribution < -0.4 is 5.73 Å². The summed E-state index contributed by atoms with van der Waals surface area (Å²) in [5, 5.41) is 11.2. The highest BCUT2D eigenvalue weighted by Crippen LogP contribution is 2.50. The van der Waals surface area contributed by atoms with Gasteiger partial charge in [-0.05, 0) is 38.0 Å². The van der Waals surface area contributed by atoms with Gasteiger partial charge in [-0.25, -0.2) is 0 Å². The van der Waals surface area contributed by atoms with E-state index in [1.807, 2.05) is 0 Å². The SMILES string of the molecule is CC1CCC(CN)(C2(O)CCN(C3CC3)C2)CC1. The van der Waals surface area contributed by atoms with Crippen LogP contribution in [0.1, 0.15) is 51.9 Å². The first-order chi connectivity index (χ1) is 8.59. The van der Waals surface area contributed by atoms with E-state index in [9.17, 15) is 5.11 Å². The molecule has 104 valence electrons. The molecule has 3 rings (SSSR count). The van der Waals surface area contributed by atoms with Gasteiger partial charge in [0.25, 0.3) is 0 Å². The van der Waals surface area contributed by atoms with Gasteiger partial charge in [0, 0.05) is 31.1 Å². The number of hydrogen-bond acceptors (Lipinski definition) is 3. The van der Waals surface area contributed by atoms with E-state index in [1.165, 1.54) is 25.7 Å². The summed E-state index contributed by atoms with van der Waals surface area (Å²) in [6.45, 7) is 4.95. The molecule has 1 saturated heterocycles. The Balaban J connectivity index is 1.74. The smallest absolute Gasteiger partial charge is 0.0854 e. The van der Waals surface area contributed by atoms with Gasteiger partial charge in [-0.15, -0.1) is 0 Å². The van der Waals surface area contributed by atoms with Crippen LogP contribution in [0.5, 0.6) is 0 Å². The number of nitrogens with two attached hydrogens (primary N) is 1. The van der Waals surface area contributed by atoms with Crippen molar-refractivity contribution in [3.05, 3.63) is 0 Å². The molecule has 18 heavy (non-hydrogen) atoms. The van der Waals surface area contributed by atoms with Gasteiger partial charge in [-0.1, -0.05) is 19.8 Å². The number of aliphatic hydroxyl groups is 1. The van der Waals surface area contributed by atoms with Crippen molar-refractivity contribution in [3.63, 3.8) is 0 Å². The summed E-state index contributed by atoms with van der Waals surface area (Å²) < 4.78 is 0. The molecule has 0 bridgehead atoms. The maximum Gasteiger partial charge on any atom is 0.0854 e. The first kappa shape index (κ1) is 12.9. The highest BCUT2D eigenvalue weighted by Gasteiger charge is 2.54. The minimum Gasteiger partial charge on any atom is -0.388 e. The van der Waals surface area contributed by atoms with E-state index < -0.39 is 5.60 Å². The first-order valence-corrected chi connectivity index (χ1v) is 7.75. The summed E-state index contributed by atoms with van der Waals surface area (Å²) in [5.41, 5.74) is 5.60. The Hall–Kier alpha value is -0.120. The zero-order valence-electron chi connectivity index (χ0n) is 11.7. The lowest BCUT2D eigenvalue weighted by atomic mass is 9.61. The molecule has 3 aliphatic rings. The van der Waals surface area contributed by atoms with Crippen LogP contribution in [0, 0.1) is 11.3 Å². The maximum atomic E-state index is 11.2. The molecule has 0 amide bonds. The first-order valence-electron chi connectivity index (χ1n) is 7.75. The molecule has 0 spiro atoms. The second-order valence-electron chi connectivity index (χ2n) is 7.15. The van der Waals surface area contributed by atoms with Crippen LogP contribution in [0.2, 0.25) is 0 Å². The fraction of sp³-hybridized carbons (Fsp3) is 1.00. The van der Waals surface area contributed by atoms with Gasteiger partial charge in [0.15, 0.2) is 0 Å². The molecule has 0 radical (unpaired) electrons. The van der Waals surface area contributed by atoms with E-state index in [-0.39, 0.29) is 5.41 Å². The molecule has 3 heteroatoms. The van der Waals surface area contributed by atoms with Crippen LogP contribution in [0.15, 0.2) is 0 Å². The summed E-state index contributed by atoms with van der Waals surface area (Å²) in [5.74, 6) is 0.814. The van der Waals surface area contributed by atoms with E-state index in [2.05, 4.69) is 11.8 Å². The molecular formula is C15H28N2O. The lowest BCUT2D eigenvalue weighted by Gasteiger charge is -2.48. The molecule has 2 aliphatic carbocycles. The zero-order chi connectivity index (χ0) is 12.8. The molecule has 0 aromatic rings. The van der Waals surface area contributed by atoms with Crippen LogP contribution in [-0.2, 0) is 0 Å². The molecule has 1 atom stereocenters. The Morgan fingerprint density at radius 1 is 1.17 bits per heavy atom. The average molecular weight is 252 g/mol. The number of nitrogens with zero attached hydrogens (tertiary/aromatic N) is 1. The van der Waals surface area contributed by atoms with Gasteiger partial charge in [-0.2, -0.15) is 0 Å². The van der Waals surface area contributed by atoms with E-state index in [0.717, 1.165) is 44.3 Å². The summed E-state index contributed by atoms with van der Waals surface area (Å²) in [6, 6.07) is 0.774. The summed E-state index contributed by atoms with van der Waals surface area (Å²) in [7, 11) is 0. The Labute approximate surface area is 111 Å². The lowest BCUT2D eigenvalue weighted by Crippen LogP contribution is -2.55. The van der Waals surface area contributed by atoms with Crippen molar-refractivity contribution >= 4 is 0 Å². The number of likely N-dealkylation sites (tertiary alicyclic amines) is 1. The monoisotopic (exact) mass is 252 g/mol. The zero-order valence-corrected chi connectivity index (χ0v) is 11.7. The predicted octanol–water partition coefficient (Wildman–Crippen LogP) is 1.74. The van der Waals surface area contributed by atoms with Crippen LogP contribution >= 0.6 is 0 Å². The third-order valence-electron chi connectivity index (χ3n) is 5.95. The average Bonchev–Trinajstić information content (AvgIpc) is 3.14. The van der Waals surface area contributed by atoms with Crippen molar-refractivity contribution in [3.8, 4) is 0 Å². The van der Waals surface area contributed by atoms with Gasteiger partial charge in [-0.3, -0.25) is 4.90 Å². The fourth-order valence-corrected chi connectivity index (χ4v) is 4.18. The van der Waals surface area contributed by atoms with Crippen molar-refractivity contribution in [1.82, 2.24) is 4.90 Å². The summed E-state index contributed by atoms with van der Waals surface area (Å²) in [6.07, 6.45) is 8.34. The molecule has 0 aromatic heterocycles. The third kappa shape index (κ3) is 2.00. The number of β-amino-alcohol motifs (C(OH)–C–C–N with tert-alkyl or cyclic N) is 1. The molecule has 3 nitrogen and oxygen atoms in total. The van der Waals surface area contributed by atoms with Gasteiger partial charge in [0.05, 0.1) is 5.60 Å². The quantitative estimate of drug-likeness (QED) is 0.804. The van der Waals surface area contributed by atoms with Crippen LogP contribution in [0.4, 0.5) is 0 Å². The molecule has 3 fully saturated rings. The van der Waals surface area contributed by atoms with Crippen molar-refractivity contribution < 1.29 is 5.11 Å². The molecule has 1 unspecified atom stereocenters. The predicted molar refractivity (Wildman–Crippen MR) is 73.3 cm³/mol. The van der Waals surface area contributed by atoms with Crippen molar-refractivity contribution in [2.45, 2.75) is 63.5 Å². The molecule has 1 heterocycles. The van der Waals surface area contributed by atoms with E-state index in [0.29, 0.717) is 6.54 Å². The van der Waals surface area contributed by atoms with Crippen LogP contribution in [-0.4, -0.2) is 41.3 Å². The summed E-state index contributed by atoms with van der Waals surface area (Å²) in [4.78, 5) is 2.51. The summed E-state index contributed by atoms with van der Waals surface area (Å²) >= 11 is 0. The Morgan fingerprint density at radius 2 is 1.83 bits per heavy atom. The van der Waals surface area contributed by atoms with Crippen molar-refractivity contribution in [2.24, 2.45) is 17.1 Å². The molecule has 3 N–H and O–H groups in total. The van der Waals surface area contributed by atoms with E-state index in [4.69, 9.17) is 5.73 Å². The Kier molecular flexibility index (Phi) is 3.20. The number of rotatable bonds is 3. The highest BCUT2D eigenvalue weighted by atomic mass is 16.3. The second-order valence-corrected chi connectivity index (χ2v) is 7.15. The largest absolute Gasteiger partial charge is 0.388 e. The van der Waals surface area contributed by atoms with E-state index >= 15 is 0 Å².